The van der Waals surface area contributed by atoms with Gasteiger partial charge < -0.3 is 19.5 Å². The van der Waals surface area contributed by atoms with Gasteiger partial charge >= 0.3 is 5.97 Å². The van der Waals surface area contributed by atoms with E-state index in [1.165, 1.54) is 13.2 Å². The van der Waals surface area contributed by atoms with Crippen LogP contribution in [0.4, 0.5) is 4.39 Å². The van der Waals surface area contributed by atoms with Crippen LogP contribution >= 0.6 is 0 Å². The summed E-state index contributed by atoms with van der Waals surface area (Å²) in [4.78, 5) is 23.9. The number of hydrogen-bond donors (Lipinski definition) is 1. The summed E-state index contributed by atoms with van der Waals surface area (Å²) >= 11 is 0. The highest BCUT2D eigenvalue weighted by Crippen LogP contribution is 2.28. The number of benzene rings is 1. The molecule has 1 aliphatic rings. The highest BCUT2D eigenvalue weighted by molar-refractivity contribution is 6.00. The second kappa shape index (κ2) is 6.28. The molecule has 124 valence electrons. The minimum Gasteiger partial charge on any atom is -0.488 e. The minimum atomic E-state index is -1.15. The van der Waals surface area contributed by atoms with Crippen LogP contribution in [0.15, 0.2) is 29.7 Å². The van der Waals surface area contributed by atoms with Gasteiger partial charge in [0.1, 0.15) is 5.82 Å². The summed E-state index contributed by atoms with van der Waals surface area (Å²) in [6.45, 7) is 4.88. The topological polar surface area (TPSA) is 73.9 Å². The second-order valence-electron chi connectivity index (χ2n) is 5.52. The van der Waals surface area contributed by atoms with Gasteiger partial charge in [0.25, 0.3) is 11.7 Å². The van der Waals surface area contributed by atoms with Crippen LogP contribution in [0.2, 0.25) is 0 Å². The number of rotatable bonds is 4. The first-order valence-electron chi connectivity index (χ1n) is 6.97. The number of hydrogen-bond acceptors (Lipinski definition) is 5. The Hall–Kier alpha value is -2.57. The Morgan fingerprint density at radius 2 is 2.04 bits per heavy atom. The van der Waals surface area contributed by atoms with E-state index in [-0.39, 0.29) is 23.9 Å². The molecule has 0 aromatic heterocycles. The molecule has 0 spiro atoms. The Morgan fingerprint density at radius 3 is 2.57 bits per heavy atom. The first-order chi connectivity index (χ1) is 10.7. The molecule has 1 aromatic rings. The van der Waals surface area contributed by atoms with Gasteiger partial charge in [0.2, 0.25) is 11.5 Å². The van der Waals surface area contributed by atoms with Gasteiger partial charge in [0.05, 0.1) is 7.11 Å². The van der Waals surface area contributed by atoms with Crippen molar-refractivity contribution in [1.29, 1.82) is 0 Å². The van der Waals surface area contributed by atoms with Gasteiger partial charge in [0.15, 0.2) is 0 Å². The lowest BCUT2D eigenvalue weighted by molar-refractivity contribution is -0.159. The number of esters is 1. The van der Waals surface area contributed by atoms with Crippen molar-refractivity contribution in [1.82, 2.24) is 5.32 Å². The molecule has 2 rings (SSSR count). The summed E-state index contributed by atoms with van der Waals surface area (Å²) in [5, 5.41) is 2.59. The van der Waals surface area contributed by atoms with Crippen LogP contribution in [-0.2, 0) is 30.3 Å². The monoisotopic (exact) mass is 323 g/mol. The first-order valence-corrected chi connectivity index (χ1v) is 6.97. The second-order valence-corrected chi connectivity index (χ2v) is 5.52. The van der Waals surface area contributed by atoms with E-state index in [9.17, 15) is 14.0 Å². The largest absolute Gasteiger partial charge is 0.488 e. The molecule has 1 heterocycles. The average Bonchev–Trinajstić information content (AvgIpc) is 2.74. The Kier molecular flexibility index (Phi) is 4.58. The van der Waals surface area contributed by atoms with Crippen LogP contribution in [0.25, 0.3) is 0 Å². The number of amides is 1. The lowest BCUT2D eigenvalue weighted by atomic mass is 10.1. The zero-order valence-electron chi connectivity index (χ0n) is 13.4. The Balaban J connectivity index is 2.12. The van der Waals surface area contributed by atoms with Crippen LogP contribution in [-0.4, -0.2) is 24.8 Å². The maximum atomic E-state index is 13.2. The van der Waals surface area contributed by atoms with Crippen molar-refractivity contribution in [2.75, 3.05) is 7.11 Å². The number of nitrogens with one attached hydrogen (secondary N) is 1. The summed E-state index contributed by atoms with van der Waals surface area (Å²) in [5.41, 5.74) is 1.19. The molecule has 6 nitrogen and oxygen atoms in total. The van der Waals surface area contributed by atoms with Crippen molar-refractivity contribution < 1.29 is 28.2 Å². The van der Waals surface area contributed by atoms with Crippen molar-refractivity contribution >= 4 is 11.9 Å². The van der Waals surface area contributed by atoms with E-state index in [2.05, 4.69) is 5.32 Å². The van der Waals surface area contributed by atoms with E-state index in [1.54, 1.807) is 32.9 Å². The number of ether oxygens (including phenoxy) is 3. The number of carbonyl (C=O) groups excluding carboxylic acids is 2. The molecular formula is C16H18FNO5. The van der Waals surface area contributed by atoms with Crippen molar-refractivity contribution in [2.45, 2.75) is 33.1 Å². The van der Waals surface area contributed by atoms with Gasteiger partial charge in [-0.3, -0.25) is 4.79 Å². The molecule has 23 heavy (non-hydrogen) atoms. The van der Waals surface area contributed by atoms with Gasteiger partial charge in [-0.05, 0) is 24.1 Å². The van der Waals surface area contributed by atoms with E-state index in [0.29, 0.717) is 11.1 Å². The van der Waals surface area contributed by atoms with Crippen LogP contribution in [0, 0.1) is 12.7 Å². The smallest absolute Gasteiger partial charge is 0.381 e. The number of cyclic esters (lactones) is 1. The number of methoxy groups -OCH3 is 1. The van der Waals surface area contributed by atoms with E-state index >= 15 is 0 Å². The zero-order valence-corrected chi connectivity index (χ0v) is 13.4. The fraction of sp³-hybridized carbons (Fsp3) is 0.375. The van der Waals surface area contributed by atoms with Gasteiger partial charge in [-0.1, -0.05) is 12.1 Å². The van der Waals surface area contributed by atoms with E-state index in [0.717, 1.165) is 0 Å². The Labute approximate surface area is 133 Å². The maximum Gasteiger partial charge on any atom is 0.381 e. The molecule has 1 N–H and O–H groups in total. The molecule has 1 saturated heterocycles. The van der Waals surface area contributed by atoms with Crippen molar-refractivity contribution in [3.8, 4) is 0 Å². The maximum absolute atomic E-state index is 13.2. The number of aryl methyl sites for hydroxylation is 1. The van der Waals surface area contributed by atoms with E-state index < -0.39 is 17.7 Å². The third-order valence-corrected chi connectivity index (χ3v) is 3.16. The summed E-state index contributed by atoms with van der Waals surface area (Å²) in [6, 6.07) is 4.51. The molecule has 0 bridgehead atoms. The van der Waals surface area contributed by atoms with Crippen molar-refractivity contribution in [3.05, 3.63) is 46.7 Å². The Morgan fingerprint density at radius 1 is 1.35 bits per heavy atom. The summed E-state index contributed by atoms with van der Waals surface area (Å²) in [5.74, 6) is -3.39. The summed E-state index contributed by atoms with van der Waals surface area (Å²) < 4.78 is 28.5. The molecule has 1 aliphatic heterocycles. The molecule has 0 saturated carbocycles. The minimum absolute atomic E-state index is 0.151. The van der Waals surface area contributed by atoms with Gasteiger partial charge in [0, 0.05) is 20.4 Å². The molecular weight excluding hydrogens is 305 g/mol. The molecule has 0 radical (unpaired) electrons. The number of halogens is 1. The lowest BCUT2D eigenvalue weighted by Gasteiger charge is -2.15. The van der Waals surface area contributed by atoms with Gasteiger partial charge in [-0.25, -0.2) is 9.18 Å². The number of carbonyl (C=O) groups is 2. The zero-order chi connectivity index (χ0) is 17.2. The van der Waals surface area contributed by atoms with Crippen LogP contribution in [0.5, 0.6) is 0 Å². The Bertz CT molecular complexity index is 681. The third kappa shape index (κ3) is 3.80. The van der Waals surface area contributed by atoms with E-state index in [1.807, 2.05) is 0 Å². The standard InChI is InChI=1S/C16H18FNO5/c1-9-7-10(5-6-11(9)17)8-18-14(19)12(21-4)13-15(20)23-16(2,3)22-13/h5-7H,8H2,1-4H3,(H,18,19). The molecule has 1 fully saturated rings. The quantitative estimate of drug-likeness (QED) is 0.520. The first kappa shape index (κ1) is 16.8. The molecule has 0 aliphatic carbocycles. The normalized spacial score (nSPS) is 18.0. The lowest BCUT2D eigenvalue weighted by Crippen LogP contribution is -2.27. The fourth-order valence-corrected chi connectivity index (χ4v) is 2.08. The van der Waals surface area contributed by atoms with Crippen molar-refractivity contribution in [2.24, 2.45) is 0 Å². The average molecular weight is 323 g/mol. The third-order valence-electron chi connectivity index (χ3n) is 3.16. The predicted molar refractivity (Wildman–Crippen MR) is 78.3 cm³/mol. The highest BCUT2D eigenvalue weighted by atomic mass is 19.1. The molecule has 1 aromatic carbocycles. The highest BCUT2D eigenvalue weighted by Gasteiger charge is 2.41. The van der Waals surface area contributed by atoms with Gasteiger partial charge in [-0.2, -0.15) is 0 Å². The summed E-state index contributed by atoms with van der Waals surface area (Å²) in [6.07, 6.45) is 0. The van der Waals surface area contributed by atoms with Crippen LogP contribution in [0.3, 0.4) is 0 Å². The predicted octanol–water partition coefficient (Wildman–Crippen LogP) is 1.92. The van der Waals surface area contributed by atoms with Crippen LogP contribution < -0.4 is 5.32 Å². The van der Waals surface area contributed by atoms with Crippen LogP contribution in [0.1, 0.15) is 25.0 Å². The molecule has 0 atom stereocenters. The molecule has 1 amide bonds. The molecule has 0 unspecified atom stereocenters. The van der Waals surface area contributed by atoms with E-state index in [4.69, 9.17) is 14.2 Å². The fourth-order valence-electron chi connectivity index (χ4n) is 2.08. The van der Waals surface area contributed by atoms with Gasteiger partial charge in [-0.15, -0.1) is 0 Å². The SMILES string of the molecule is COC(C(=O)NCc1ccc(F)c(C)c1)=C1OC(C)(C)OC1=O. The summed E-state index contributed by atoms with van der Waals surface area (Å²) in [7, 11) is 1.26. The molecule has 7 heteroatoms. The van der Waals surface area contributed by atoms with Crippen molar-refractivity contribution in [3.63, 3.8) is 0 Å².